The van der Waals surface area contributed by atoms with Gasteiger partial charge in [0, 0.05) is 27.8 Å². The van der Waals surface area contributed by atoms with E-state index in [1.54, 1.807) is 22.7 Å². The molecule has 2 heterocycles. The minimum atomic E-state index is 0.751. The van der Waals surface area contributed by atoms with E-state index < -0.39 is 0 Å². The highest BCUT2D eigenvalue weighted by Gasteiger charge is 2.20. The fourth-order valence-electron chi connectivity index (χ4n) is 1.46. The molecule has 0 aliphatic heterocycles. The van der Waals surface area contributed by atoms with Crippen molar-refractivity contribution in [1.29, 1.82) is 0 Å². The molecule has 1 fully saturated rings. The summed E-state index contributed by atoms with van der Waals surface area (Å²) in [5.41, 5.74) is 1.16. The van der Waals surface area contributed by atoms with Crippen LogP contribution in [0.4, 0.5) is 0 Å². The third-order valence-corrected chi connectivity index (χ3v) is 5.23. The Hall–Kier alpha value is -0.230. The number of nitrogens with zero attached hydrogens (tertiary/aromatic N) is 1. The Morgan fingerprint density at radius 1 is 1.38 bits per heavy atom. The second-order valence-corrected chi connectivity index (χ2v) is 6.61. The van der Waals surface area contributed by atoms with Crippen molar-refractivity contribution < 1.29 is 0 Å². The Bertz CT molecular complexity index is 488. The Morgan fingerprint density at radius 3 is 2.94 bits per heavy atom. The zero-order valence-corrected chi connectivity index (χ0v) is 11.8. The Morgan fingerprint density at radius 2 is 2.25 bits per heavy atom. The van der Waals surface area contributed by atoms with Gasteiger partial charge in [0.2, 0.25) is 0 Å². The lowest BCUT2D eigenvalue weighted by atomic mass is 10.4. The van der Waals surface area contributed by atoms with Crippen molar-refractivity contribution in [2.75, 3.05) is 0 Å². The molecule has 1 aliphatic carbocycles. The summed E-state index contributed by atoms with van der Waals surface area (Å²) in [6.45, 7) is 0.910. The highest BCUT2D eigenvalue weighted by Crippen LogP contribution is 2.32. The van der Waals surface area contributed by atoms with Gasteiger partial charge in [0.05, 0.1) is 10.6 Å². The van der Waals surface area contributed by atoms with Gasteiger partial charge >= 0.3 is 0 Å². The van der Waals surface area contributed by atoms with E-state index in [0.717, 1.165) is 27.8 Å². The predicted octanol–water partition coefficient (Wildman–Crippen LogP) is 3.89. The van der Waals surface area contributed by atoms with Gasteiger partial charge in [-0.15, -0.1) is 22.7 Å². The third kappa shape index (κ3) is 2.53. The largest absolute Gasteiger partial charge is 0.308 e. The van der Waals surface area contributed by atoms with Crippen molar-refractivity contribution in [3.05, 3.63) is 27.0 Å². The van der Waals surface area contributed by atoms with Crippen molar-refractivity contribution in [2.24, 2.45) is 0 Å². The molecule has 0 spiro atoms. The fourth-order valence-corrected chi connectivity index (χ4v) is 3.79. The van der Waals surface area contributed by atoms with Crippen LogP contribution in [0.3, 0.4) is 0 Å². The molecule has 84 valence electrons. The quantitative estimate of drug-likeness (QED) is 0.926. The maximum atomic E-state index is 4.64. The van der Waals surface area contributed by atoms with Crippen LogP contribution in [-0.4, -0.2) is 11.0 Å². The topological polar surface area (TPSA) is 24.9 Å². The van der Waals surface area contributed by atoms with E-state index in [-0.39, 0.29) is 0 Å². The molecule has 0 radical (unpaired) electrons. The van der Waals surface area contributed by atoms with Crippen molar-refractivity contribution in [3.63, 3.8) is 0 Å². The molecule has 3 rings (SSSR count). The van der Waals surface area contributed by atoms with Crippen LogP contribution in [0.1, 0.15) is 18.5 Å². The van der Waals surface area contributed by atoms with E-state index in [2.05, 4.69) is 43.1 Å². The summed E-state index contributed by atoms with van der Waals surface area (Å²) in [7, 11) is 0. The lowest BCUT2D eigenvalue weighted by Gasteiger charge is -1.97. The normalized spacial score (nSPS) is 15.6. The van der Waals surface area contributed by atoms with Gasteiger partial charge in [-0.2, -0.15) is 0 Å². The van der Waals surface area contributed by atoms with Gasteiger partial charge < -0.3 is 5.32 Å². The third-order valence-electron chi connectivity index (χ3n) is 2.48. The molecular formula is C11H11BrN2S2. The SMILES string of the molecule is Brc1csc(-c2nc(CNC3CC3)cs2)c1. The first-order valence-electron chi connectivity index (χ1n) is 5.23. The smallest absolute Gasteiger partial charge is 0.133 e. The van der Waals surface area contributed by atoms with Gasteiger partial charge in [0.25, 0.3) is 0 Å². The van der Waals surface area contributed by atoms with Crippen molar-refractivity contribution in [2.45, 2.75) is 25.4 Å². The molecule has 0 aromatic carbocycles. The number of rotatable bonds is 4. The van der Waals surface area contributed by atoms with Gasteiger partial charge in [-0.1, -0.05) is 0 Å². The number of nitrogens with one attached hydrogen (secondary N) is 1. The first kappa shape index (κ1) is 10.9. The fraction of sp³-hybridized carbons (Fsp3) is 0.364. The summed E-state index contributed by atoms with van der Waals surface area (Å²) >= 11 is 6.93. The van der Waals surface area contributed by atoms with E-state index in [1.807, 2.05) is 0 Å². The Kier molecular flexibility index (Phi) is 3.11. The molecule has 0 saturated heterocycles. The standard InChI is InChI=1S/C11H11BrN2S2/c12-7-3-10(15-5-7)11-14-9(6-16-11)4-13-8-1-2-8/h3,5-6,8,13H,1-2,4H2. The van der Waals surface area contributed by atoms with Crippen LogP contribution in [0.25, 0.3) is 9.88 Å². The molecule has 0 atom stereocenters. The lowest BCUT2D eigenvalue weighted by Crippen LogP contribution is -2.15. The minimum absolute atomic E-state index is 0.751. The van der Waals surface area contributed by atoms with E-state index in [9.17, 15) is 0 Å². The van der Waals surface area contributed by atoms with Gasteiger partial charge in [-0.05, 0) is 34.8 Å². The number of halogens is 1. The molecule has 1 saturated carbocycles. The molecule has 0 bridgehead atoms. The van der Waals surface area contributed by atoms with Gasteiger partial charge in [-0.3, -0.25) is 0 Å². The second kappa shape index (κ2) is 4.56. The van der Waals surface area contributed by atoms with Gasteiger partial charge in [0.1, 0.15) is 5.01 Å². The molecule has 1 N–H and O–H groups in total. The number of aromatic nitrogens is 1. The van der Waals surface area contributed by atoms with Crippen molar-refractivity contribution in [1.82, 2.24) is 10.3 Å². The minimum Gasteiger partial charge on any atom is -0.308 e. The van der Waals surface area contributed by atoms with Crippen LogP contribution in [0.2, 0.25) is 0 Å². The van der Waals surface area contributed by atoms with Crippen LogP contribution >= 0.6 is 38.6 Å². The highest BCUT2D eigenvalue weighted by atomic mass is 79.9. The second-order valence-electron chi connectivity index (χ2n) is 3.93. The van der Waals surface area contributed by atoms with E-state index in [4.69, 9.17) is 0 Å². The van der Waals surface area contributed by atoms with Gasteiger partial charge in [0.15, 0.2) is 0 Å². The molecule has 2 nitrogen and oxygen atoms in total. The van der Waals surface area contributed by atoms with Crippen LogP contribution in [0.15, 0.2) is 21.3 Å². The number of thiazole rings is 1. The zero-order chi connectivity index (χ0) is 11.0. The molecule has 2 aromatic heterocycles. The Labute approximate surface area is 111 Å². The van der Waals surface area contributed by atoms with Crippen molar-refractivity contribution >= 4 is 38.6 Å². The van der Waals surface area contributed by atoms with E-state index in [0.29, 0.717) is 0 Å². The average Bonchev–Trinajstić information content (AvgIpc) is 2.81. The first-order chi connectivity index (χ1) is 7.81. The van der Waals surface area contributed by atoms with Crippen LogP contribution < -0.4 is 5.32 Å². The van der Waals surface area contributed by atoms with Crippen molar-refractivity contribution in [3.8, 4) is 9.88 Å². The summed E-state index contributed by atoms with van der Waals surface area (Å²) in [4.78, 5) is 5.88. The van der Waals surface area contributed by atoms with E-state index in [1.165, 1.54) is 17.7 Å². The number of hydrogen-bond donors (Lipinski definition) is 1. The zero-order valence-electron chi connectivity index (χ0n) is 8.57. The number of hydrogen-bond acceptors (Lipinski definition) is 4. The summed E-state index contributed by atoms with van der Waals surface area (Å²) in [5, 5.41) is 8.86. The van der Waals surface area contributed by atoms with Crippen LogP contribution in [0, 0.1) is 0 Å². The summed E-state index contributed by atoms with van der Waals surface area (Å²) in [5.74, 6) is 0. The monoisotopic (exact) mass is 314 g/mol. The molecule has 1 aliphatic rings. The summed E-state index contributed by atoms with van der Waals surface area (Å²) < 4.78 is 1.14. The van der Waals surface area contributed by atoms with Crippen LogP contribution in [0.5, 0.6) is 0 Å². The maximum absolute atomic E-state index is 4.64. The maximum Gasteiger partial charge on any atom is 0.133 e. The van der Waals surface area contributed by atoms with Crippen LogP contribution in [-0.2, 0) is 6.54 Å². The molecule has 5 heteroatoms. The molecule has 16 heavy (non-hydrogen) atoms. The predicted molar refractivity (Wildman–Crippen MR) is 73.0 cm³/mol. The summed E-state index contributed by atoms with van der Waals surface area (Å²) in [6, 6.07) is 2.88. The number of thiophene rings is 1. The van der Waals surface area contributed by atoms with E-state index >= 15 is 0 Å². The summed E-state index contributed by atoms with van der Waals surface area (Å²) in [6.07, 6.45) is 2.66. The first-order valence-corrected chi connectivity index (χ1v) is 7.79. The molecule has 2 aromatic rings. The highest BCUT2D eigenvalue weighted by molar-refractivity contribution is 9.10. The molecular weight excluding hydrogens is 304 g/mol. The molecule has 0 amide bonds. The Balaban J connectivity index is 1.71. The average molecular weight is 315 g/mol. The lowest BCUT2D eigenvalue weighted by molar-refractivity contribution is 0.678. The molecule has 0 unspecified atom stereocenters. The van der Waals surface area contributed by atoms with Gasteiger partial charge in [-0.25, -0.2) is 4.98 Å².